The second kappa shape index (κ2) is 11.4. The van der Waals surface area contributed by atoms with Gasteiger partial charge in [0.1, 0.15) is 18.2 Å². The van der Waals surface area contributed by atoms with Crippen LogP contribution in [0.3, 0.4) is 0 Å². The summed E-state index contributed by atoms with van der Waals surface area (Å²) in [6.07, 6.45) is 0.329. The normalized spacial score (nSPS) is 13.1. The molecule has 0 spiro atoms. The van der Waals surface area contributed by atoms with Gasteiger partial charge >= 0.3 is 12.1 Å². The van der Waals surface area contributed by atoms with E-state index in [9.17, 15) is 19.5 Å². The molecule has 1 atom stereocenters. The van der Waals surface area contributed by atoms with Gasteiger partial charge in [-0.15, -0.1) is 0 Å². The topological polar surface area (TPSA) is 153 Å². The van der Waals surface area contributed by atoms with Gasteiger partial charge < -0.3 is 20.5 Å². The monoisotopic (exact) mass is 479 g/mol. The Labute approximate surface area is 203 Å². The van der Waals surface area contributed by atoms with Crippen LogP contribution in [0.4, 0.5) is 4.79 Å². The molecule has 0 saturated carbocycles. The van der Waals surface area contributed by atoms with Gasteiger partial charge in [-0.05, 0) is 60.9 Å². The first-order chi connectivity index (χ1) is 16.7. The molecule has 1 aliphatic rings. The lowest BCUT2D eigenvalue weighted by Gasteiger charge is -2.18. The number of unbranched alkanes of at least 4 members (excludes halogenated alkanes) is 1. The van der Waals surface area contributed by atoms with Gasteiger partial charge in [0.25, 0.3) is 0 Å². The first-order valence-electron chi connectivity index (χ1n) is 11.4. The van der Waals surface area contributed by atoms with Gasteiger partial charge in [-0.3, -0.25) is 4.79 Å². The lowest BCUT2D eigenvalue weighted by molar-refractivity contribution is -0.139. The number of nitrogens with one attached hydrogen (secondary N) is 2. The van der Waals surface area contributed by atoms with Crippen molar-refractivity contribution < 1.29 is 24.2 Å². The Hall–Kier alpha value is -4.04. The standard InChI is InChI=1S/C25H29N5O5/c1-25(2,29-30-26)23(33)27-14-8-7-13-21(22(31)32)28-24(34)35-15-20-18-11-5-3-9-16(18)17-10-4-6-12-19(17)20/h3-6,9-12,20-21H,7-8,13-15H2,1-2H3,(H,27,33)(H,28,34)(H,31,32). The van der Waals surface area contributed by atoms with Crippen molar-refractivity contribution in [3.8, 4) is 11.1 Å². The molecule has 3 N–H and O–H groups in total. The van der Waals surface area contributed by atoms with E-state index in [2.05, 4.69) is 20.7 Å². The summed E-state index contributed by atoms with van der Waals surface area (Å²) in [7, 11) is 0. The van der Waals surface area contributed by atoms with Crippen LogP contribution in [-0.2, 0) is 14.3 Å². The van der Waals surface area contributed by atoms with Gasteiger partial charge in [0.15, 0.2) is 0 Å². The molecule has 184 valence electrons. The van der Waals surface area contributed by atoms with E-state index in [1.54, 1.807) is 0 Å². The van der Waals surface area contributed by atoms with Crippen LogP contribution in [0, 0.1) is 0 Å². The van der Waals surface area contributed by atoms with Crippen molar-refractivity contribution in [1.29, 1.82) is 0 Å². The molecule has 0 heterocycles. The van der Waals surface area contributed by atoms with Gasteiger partial charge in [-0.25, -0.2) is 9.59 Å². The summed E-state index contributed by atoms with van der Waals surface area (Å²) in [5.74, 6) is -1.69. The summed E-state index contributed by atoms with van der Waals surface area (Å²) in [6, 6.07) is 14.8. The number of amides is 2. The summed E-state index contributed by atoms with van der Waals surface area (Å²) in [5.41, 5.74) is 11.7. The summed E-state index contributed by atoms with van der Waals surface area (Å²) in [5, 5.41) is 18.0. The minimum Gasteiger partial charge on any atom is -0.480 e. The second-order valence-corrected chi connectivity index (χ2v) is 8.86. The summed E-state index contributed by atoms with van der Waals surface area (Å²) in [4.78, 5) is 38.7. The maximum Gasteiger partial charge on any atom is 0.407 e. The quantitative estimate of drug-likeness (QED) is 0.189. The third-order valence-corrected chi connectivity index (χ3v) is 5.99. The predicted molar refractivity (Wildman–Crippen MR) is 130 cm³/mol. The molecule has 1 aliphatic carbocycles. The van der Waals surface area contributed by atoms with Crippen LogP contribution in [0.15, 0.2) is 53.6 Å². The SMILES string of the molecule is CC(C)(N=[N+]=[N-])C(=O)NCCCCC(NC(=O)OCC1c2ccccc2-c2ccccc21)C(=O)O. The maximum absolute atomic E-state index is 12.4. The zero-order chi connectivity index (χ0) is 25.4. The molecule has 0 bridgehead atoms. The van der Waals surface area contributed by atoms with Crippen LogP contribution in [0.1, 0.15) is 50.2 Å². The first-order valence-corrected chi connectivity index (χ1v) is 11.4. The van der Waals surface area contributed by atoms with Crippen LogP contribution in [0.2, 0.25) is 0 Å². The second-order valence-electron chi connectivity index (χ2n) is 8.86. The summed E-state index contributed by atoms with van der Waals surface area (Å²) in [6.45, 7) is 3.39. The number of aliphatic carboxylic acids is 1. The number of carbonyl (C=O) groups excluding carboxylic acids is 2. The average Bonchev–Trinajstić information content (AvgIpc) is 3.15. The Morgan fingerprint density at radius 2 is 1.69 bits per heavy atom. The van der Waals surface area contributed by atoms with E-state index in [1.807, 2.05) is 48.5 Å². The highest BCUT2D eigenvalue weighted by Crippen LogP contribution is 2.44. The predicted octanol–water partition coefficient (Wildman–Crippen LogP) is 4.35. The lowest BCUT2D eigenvalue weighted by Crippen LogP contribution is -2.42. The molecule has 0 saturated heterocycles. The highest BCUT2D eigenvalue weighted by molar-refractivity contribution is 5.85. The van der Waals surface area contributed by atoms with E-state index in [0.717, 1.165) is 22.3 Å². The molecule has 1 unspecified atom stereocenters. The molecule has 10 heteroatoms. The van der Waals surface area contributed by atoms with Crippen LogP contribution in [0.5, 0.6) is 0 Å². The van der Waals surface area contributed by atoms with Crippen molar-refractivity contribution in [3.63, 3.8) is 0 Å². The number of azide groups is 1. The van der Waals surface area contributed by atoms with E-state index in [0.29, 0.717) is 19.4 Å². The van der Waals surface area contributed by atoms with Crippen molar-refractivity contribution in [1.82, 2.24) is 10.6 Å². The molecule has 2 aromatic carbocycles. The van der Waals surface area contributed by atoms with E-state index in [1.165, 1.54) is 13.8 Å². The number of carbonyl (C=O) groups is 3. The van der Waals surface area contributed by atoms with Gasteiger partial charge in [-0.2, -0.15) is 0 Å². The van der Waals surface area contributed by atoms with Crippen LogP contribution < -0.4 is 10.6 Å². The minimum atomic E-state index is -1.20. The number of rotatable bonds is 11. The van der Waals surface area contributed by atoms with E-state index in [4.69, 9.17) is 10.3 Å². The lowest BCUT2D eigenvalue weighted by atomic mass is 9.98. The molecular weight excluding hydrogens is 450 g/mol. The maximum atomic E-state index is 12.4. The van der Waals surface area contributed by atoms with Gasteiger partial charge in [-0.1, -0.05) is 53.6 Å². The Balaban J connectivity index is 1.47. The molecule has 35 heavy (non-hydrogen) atoms. The third kappa shape index (κ3) is 6.30. The van der Waals surface area contributed by atoms with Gasteiger partial charge in [0, 0.05) is 17.4 Å². The first kappa shape index (κ1) is 25.6. The molecule has 2 amide bonds. The molecule has 0 aliphatic heterocycles. The summed E-state index contributed by atoms with van der Waals surface area (Å²) >= 11 is 0. The Morgan fingerprint density at radius 3 is 2.26 bits per heavy atom. The van der Waals surface area contributed by atoms with E-state index < -0.39 is 29.6 Å². The molecule has 2 aromatic rings. The number of benzene rings is 2. The average molecular weight is 480 g/mol. The summed E-state index contributed by atoms with van der Waals surface area (Å²) < 4.78 is 5.43. The molecule has 0 aromatic heterocycles. The Kier molecular flexibility index (Phi) is 8.33. The highest BCUT2D eigenvalue weighted by Gasteiger charge is 2.30. The fourth-order valence-corrected chi connectivity index (χ4v) is 4.09. The molecule has 0 fully saturated rings. The zero-order valence-corrected chi connectivity index (χ0v) is 19.7. The molecule has 0 radical (unpaired) electrons. The number of hydrogen-bond acceptors (Lipinski definition) is 5. The number of carboxylic acid groups (broad SMARTS) is 1. The van der Waals surface area contributed by atoms with Crippen molar-refractivity contribution in [2.45, 2.75) is 50.6 Å². The number of hydrogen-bond donors (Lipinski definition) is 3. The van der Waals surface area contributed by atoms with Crippen molar-refractivity contribution >= 4 is 18.0 Å². The number of alkyl carbamates (subject to hydrolysis) is 1. The number of ether oxygens (including phenoxy) is 1. The van der Waals surface area contributed by atoms with E-state index >= 15 is 0 Å². The fraction of sp³-hybridized carbons (Fsp3) is 0.400. The smallest absolute Gasteiger partial charge is 0.407 e. The van der Waals surface area contributed by atoms with Crippen LogP contribution in [0.25, 0.3) is 21.6 Å². The number of nitrogens with zero attached hydrogens (tertiary/aromatic N) is 3. The zero-order valence-electron chi connectivity index (χ0n) is 19.7. The largest absolute Gasteiger partial charge is 0.480 e. The Bertz CT molecular complexity index is 1100. The highest BCUT2D eigenvalue weighted by atomic mass is 16.5. The van der Waals surface area contributed by atoms with Crippen molar-refractivity contribution in [3.05, 3.63) is 70.1 Å². The van der Waals surface area contributed by atoms with Gasteiger partial charge in [0.05, 0.1) is 0 Å². The van der Waals surface area contributed by atoms with Crippen molar-refractivity contribution in [2.24, 2.45) is 5.11 Å². The molecule has 10 nitrogen and oxygen atoms in total. The van der Waals surface area contributed by atoms with Crippen molar-refractivity contribution in [2.75, 3.05) is 13.2 Å². The molecule has 3 rings (SSSR count). The van der Waals surface area contributed by atoms with Crippen LogP contribution >= 0.6 is 0 Å². The number of carboxylic acids is 1. The Morgan fingerprint density at radius 1 is 1.09 bits per heavy atom. The third-order valence-electron chi connectivity index (χ3n) is 5.99. The fourth-order valence-electron chi connectivity index (χ4n) is 4.09. The number of fused-ring (bicyclic) bond motifs is 3. The van der Waals surface area contributed by atoms with E-state index in [-0.39, 0.29) is 18.9 Å². The molecular formula is C25H29N5O5. The van der Waals surface area contributed by atoms with Crippen LogP contribution in [-0.4, -0.2) is 47.8 Å². The van der Waals surface area contributed by atoms with Gasteiger partial charge in [0.2, 0.25) is 5.91 Å². The minimum absolute atomic E-state index is 0.0964.